The molecular weight excluding hydrogens is 1180 g/mol. The third-order valence-electron chi connectivity index (χ3n) is 17.8. The molecule has 1 aliphatic heterocycles. The largest absolute Gasteiger partial charge is 0.870 e. The molecule has 0 spiro atoms. The van der Waals surface area contributed by atoms with Gasteiger partial charge in [-0.05, 0) is 123 Å². The minimum absolute atomic E-state index is 0. The van der Waals surface area contributed by atoms with Gasteiger partial charge in [-0.3, -0.25) is 4.48 Å². The highest BCUT2D eigenvalue weighted by molar-refractivity contribution is 7.75. The fourth-order valence-electron chi connectivity index (χ4n) is 11.2. The zero-order valence-electron chi connectivity index (χ0n) is 68.3. The van der Waals surface area contributed by atoms with Crippen LogP contribution in [0.4, 0.5) is 5.69 Å². The fraction of sp³-hybridized carbons (Fsp3) is 0.897. The second-order valence-corrected chi connectivity index (χ2v) is 32.9. The Morgan fingerprint density at radius 3 is 0.710 bits per heavy atom. The number of rotatable bonds is 44. The number of nitrogens with zero attached hydrogens (tertiary/aromatic N) is 7. The van der Waals surface area contributed by atoms with E-state index in [1.807, 2.05) is 6.07 Å². The van der Waals surface area contributed by atoms with Crippen molar-refractivity contribution in [2.24, 2.45) is 0 Å². The Bertz CT molecular complexity index is 1280. The first-order valence-electron chi connectivity index (χ1n) is 38.0. The Morgan fingerprint density at radius 1 is 0.333 bits per heavy atom. The molecule has 0 bridgehead atoms. The van der Waals surface area contributed by atoms with Gasteiger partial charge in [-0.25, -0.2) is 0 Å². The normalized spacial score (nSPS) is 11.5. The molecule has 0 unspecified atom stereocenters. The fourth-order valence-corrected chi connectivity index (χ4v) is 16.5. The van der Waals surface area contributed by atoms with Crippen LogP contribution < -0.4 is 9.59 Å². The predicted molar refractivity (Wildman–Crippen MR) is 418 cm³/mol. The van der Waals surface area contributed by atoms with E-state index in [1.54, 1.807) is 24.6 Å². The quantitative estimate of drug-likeness (QED) is 0.0449. The zero-order chi connectivity index (χ0) is 67.8. The summed E-state index contributed by atoms with van der Waals surface area (Å²) in [6.45, 7) is 58.2. The lowest BCUT2D eigenvalue weighted by Crippen LogP contribution is -2.50. The summed E-state index contributed by atoms with van der Waals surface area (Å²) in [6.07, 6.45) is 46.9. The van der Waals surface area contributed by atoms with E-state index in [-0.39, 0.29) is 32.9 Å². The molecule has 15 heteroatoms. The van der Waals surface area contributed by atoms with Gasteiger partial charge in [0.25, 0.3) is 0 Å². The molecule has 574 valence electrons. The molecule has 93 heavy (non-hydrogen) atoms. The minimum Gasteiger partial charge on any atom is -0.870 e. The second-order valence-electron chi connectivity index (χ2n) is 28.5. The van der Waals surface area contributed by atoms with Crippen molar-refractivity contribution in [2.75, 3.05) is 180 Å². The lowest BCUT2D eigenvalue weighted by Gasteiger charge is -2.39. The zero-order valence-corrected chi connectivity index (χ0v) is 69.2. The minimum atomic E-state index is -0.562. The number of quaternary nitrogens is 5. The SMILES string of the molecule is CCCCN1C=CN(C)C1.CCCC[N+](CCCC)(CCCC)CCCC.CCCC[N+](CCCC)(CCCC)CCCC.CCCC[P+](CCCC)(CCCC)CCCC.CC[N+](CC)(CC)CC.C[N+](C)(C)C.C[N+](C)(C)c1ccccc1.C[O-].[OH-].[OH-].[OH-].[OH-].[OH-].[OH-]. The number of benzene rings is 1. The van der Waals surface area contributed by atoms with Gasteiger partial charge in [0.05, 0.1) is 159 Å². The van der Waals surface area contributed by atoms with Gasteiger partial charge in [-0.15, -0.1) is 0 Å². The Balaban J connectivity index is -0.0000000830. The molecule has 0 saturated carbocycles. The molecule has 0 amide bonds. The van der Waals surface area contributed by atoms with Crippen molar-refractivity contribution in [1.29, 1.82) is 0 Å². The summed E-state index contributed by atoms with van der Waals surface area (Å²) >= 11 is 0. The first-order chi connectivity index (χ1) is 41.4. The Kier molecular flexibility index (Phi) is 104. The van der Waals surface area contributed by atoms with Crippen molar-refractivity contribution in [1.82, 2.24) is 14.3 Å². The molecule has 0 aliphatic carbocycles. The number of unbranched alkanes of at least 4 members (excludes halogenated alkanes) is 13. The molecule has 1 heterocycles. The van der Waals surface area contributed by atoms with Gasteiger partial charge < -0.3 is 65.7 Å². The van der Waals surface area contributed by atoms with E-state index >= 15 is 0 Å². The van der Waals surface area contributed by atoms with E-state index in [1.165, 1.54) is 271 Å². The van der Waals surface area contributed by atoms with E-state index < -0.39 is 7.26 Å². The molecule has 14 nitrogen and oxygen atoms in total. The lowest BCUT2D eigenvalue weighted by atomic mass is 10.1. The van der Waals surface area contributed by atoms with Crippen LogP contribution in [0.3, 0.4) is 0 Å². The summed E-state index contributed by atoms with van der Waals surface area (Å²) in [5, 5.41) is 8.25. The van der Waals surface area contributed by atoms with Gasteiger partial charge >= 0.3 is 0 Å². The maximum atomic E-state index is 8.25. The summed E-state index contributed by atoms with van der Waals surface area (Å²) in [5.41, 5.74) is 1.34. The third-order valence-corrected chi connectivity index (χ3v) is 22.8. The van der Waals surface area contributed by atoms with Gasteiger partial charge in [0.1, 0.15) is 5.69 Å². The predicted octanol–water partition coefficient (Wildman–Crippen LogP) is 19.7. The van der Waals surface area contributed by atoms with E-state index in [9.17, 15) is 0 Å². The molecular formula is C78H179N7O7P-. The Hall–Kier alpha value is -1.49. The van der Waals surface area contributed by atoms with E-state index in [2.05, 4.69) is 221 Å². The van der Waals surface area contributed by atoms with Gasteiger partial charge in [-0.2, -0.15) is 7.11 Å². The third kappa shape index (κ3) is 74.6. The van der Waals surface area contributed by atoms with E-state index in [0.29, 0.717) is 0 Å². The standard InChI is InChI=1S/2C16H36N.C16H36P.C9H14N.C8H16N2.C8H20N.C4H12N.CH3O.6H2O/c3*1-5-9-13-17(14-10-6-2,15-11-7-3)16-12-8-4;1-10(2,3)9-7-5-4-6-8-9;1-3-4-5-10-7-6-9(2)8-10;1-5-9(6-2,7-3)8-4;1-5(2,3)4;1-2;;;;;;/h3*5-16H2,1-4H3;4-8H,1-3H3;6-7H,3-5,8H2,1-2H3;5-8H2,1-4H3;1-4H3;1H3;6*1H2/q4*+1;;2*+1;-1;;;;;;/p-6. The van der Waals surface area contributed by atoms with Gasteiger partial charge in [-0.1, -0.05) is 192 Å². The van der Waals surface area contributed by atoms with Gasteiger partial charge in [0, 0.05) is 33.3 Å². The first kappa shape index (κ1) is 119. The number of para-hydroxylation sites is 1. The van der Waals surface area contributed by atoms with Crippen molar-refractivity contribution >= 4 is 12.9 Å². The van der Waals surface area contributed by atoms with Crippen LogP contribution >= 0.6 is 7.26 Å². The molecule has 0 radical (unpaired) electrons. The molecule has 0 aromatic heterocycles. The highest BCUT2D eigenvalue weighted by Gasteiger charge is 2.34. The van der Waals surface area contributed by atoms with Crippen molar-refractivity contribution in [3.63, 3.8) is 0 Å². The summed E-state index contributed by atoms with van der Waals surface area (Å²) in [6, 6.07) is 10.5. The van der Waals surface area contributed by atoms with Crippen molar-refractivity contribution in [2.45, 2.75) is 285 Å². The smallest absolute Gasteiger partial charge is 0.132 e. The molecule has 1 aromatic rings. The second kappa shape index (κ2) is 81.2. The molecule has 0 saturated heterocycles. The van der Waals surface area contributed by atoms with Crippen molar-refractivity contribution in [3.05, 3.63) is 42.7 Å². The molecule has 1 aromatic carbocycles. The van der Waals surface area contributed by atoms with Gasteiger partial charge in [0.15, 0.2) is 0 Å². The lowest BCUT2D eigenvalue weighted by molar-refractivity contribution is -0.929. The van der Waals surface area contributed by atoms with Crippen molar-refractivity contribution in [3.8, 4) is 0 Å². The molecule has 2 rings (SSSR count). The highest BCUT2D eigenvalue weighted by Crippen LogP contribution is 2.61. The van der Waals surface area contributed by atoms with Crippen LogP contribution in [-0.2, 0) is 0 Å². The van der Waals surface area contributed by atoms with Crippen LogP contribution in [0.5, 0.6) is 0 Å². The van der Waals surface area contributed by atoms with Crippen LogP contribution in [0.15, 0.2) is 42.7 Å². The average Bonchev–Trinajstić information content (AvgIpc) is 3.32. The molecule has 0 atom stereocenters. The first-order valence-corrected chi connectivity index (χ1v) is 40.5. The summed E-state index contributed by atoms with van der Waals surface area (Å²) in [7, 11) is 17.3. The number of hydrogen-bond acceptors (Lipinski definition) is 9. The van der Waals surface area contributed by atoms with Crippen LogP contribution in [0, 0.1) is 0 Å². The van der Waals surface area contributed by atoms with Crippen LogP contribution in [0.25, 0.3) is 0 Å². The van der Waals surface area contributed by atoms with Crippen LogP contribution in [-0.4, -0.2) is 240 Å². The highest BCUT2D eigenvalue weighted by atomic mass is 31.2. The van der Waals surface area contributed by atoms with E-state index in [4.69, 9.17) is 5.11 Å². The molecule has 0 fully saturated rings. The Labute approximate surface area is 587 Å². The summed E-state index contributed by atoms with van der Waals surface area (Å²) in [4.78, 5) is 4.53. The topological polar surface area (TPSA) is 210 Å². The summed E-state index contributed by atoms with van der Waals surface area (Å²) in [5.74, 6) is 0. The maximum Gasteiger partial charge on any atom is 0.132 e. The number of hydrogen-bond donors (Lipinski definition) is 0. The van der Waals surface area contributed by atoms with Crippen molar-refractivity contribution < 1.29 is 55.9 Å². The average molecular weight is 1360 g/mol. The van der Waals surface area contributed by atoms with E-state index in [0.717, 1.165) is 22.7 Å². The summed E-state index contributed by atoms with van der Waals surface area (Å²) < 4.78 is 6.01. The maximum absolute atomic E-state index is 8.25. The monoisotopic (exact) mass is 1360 g/mol. The molecule has 6 N–H and O–H groups in total. The van der Waals surface area contributed by atoms with Crippen LogP contribution in [0.2, 0.25) is 0 Å². The van der Waals surface area contributed by atoms with Gasteiger partial charge in [0.2, 0.25) is 0 Å². The molecule has 1 aliphatic rings. The Morgan fingerprint density at radius 2 is 0.559 bits per heavy atom. The van der Waals surface area contributed by atoms with Crippen LogP contribution in [0.1, 0.15) is 285 Å².